The number of hydrogen-bond acceptors (Lipinski definition) is 4. The molecule has 6 heteroatoms. The van der Waals surface area contributed by atoms with Gasteiger partial charge in [0.05, 0.1) is 11.5 Å². The van der Waals surface area contributed by atoms with Crippen LogP contribution in [0.5, 0.6) is 5.75 Å². The van der Waals surface area contributed by atoms with E-state index in [1.165, 1.54) is 30.3 Å². The summed E-state index contributed by atoms with van der Waals surface area (Å²) in [5.41, 5.74) is 0.758. The highest BCUT2D eigenvalue weighted by Crippen LogP contribution is 2.20. The van der Waals surface area contributed by atoms with Crippen LogP contribution >= 0.6 is 0 Å². The number of halogens is 1. The summed E-state index contributed by atoms with van der Waals surface area (Å²) in [5.74, 6) is -0.426. The SMILES string of the molecule is N#Cc1c(F)cccc1OCCc1ccc([N+](=O)[O-])cc1. The number of nitro benzene ring substituents is 1. The van der Waals surface area contributed by atoms with E-state index in [4.69, 9.17) is 10.00 Å². The van der Waals surface area contributed by atoms with Crippen molar-refractivity contribution in [3.63, 3.8) is 0 Å². The van der Waals surface area contributed by atoms with Crippen LogP contribution < -0.4 is 4.74 Å². The van der Waals surface area contributed by atoms with E-state index in [1.807, 2.05) is 0 Å². The third kappa shape index (κ3) is 3.54. The first kappa shape index (κ1) is 14.5. The summed E-state index contributed by atoms with van der Waals surface area (Å²) in [5, 5.41) is 19.4. The van der Waals surface area contributed by atoms with E-state index in [9.17, 15) is 14.5 Å². The monoisotopic (exact) mass is 286 g/mol. The Kier molecular flexibility index (Phi) is 4.46. The Labute approximate surface area is 120 Å². The number of nitro groups is 1. The number of rotatable bonds is 5. The Balaban J connectivity index is 1.97. The van der Waals surface area contributed by atoms with Crippen molar-refractivity contribution in [1.82, 2.24) is 0 Å². The van der Waals surface area contributed by atoms with Gasteiger partial charge in [-0.1, -0.05) is 18.2 Å². The quantitative estimate of drug-likeness (QED) is 0.624. The van der Waals surface area contributed by atoms with Crippen molar-refractivity contribution in [1.29, 1.82) is 5.26 Å². The zero-order valence-corrected chi connectivity index (χ0v) is 11.0. The molecule has 21 heavy (non-hydrogen) atoms. The molecule has 0 atom stereocenters. The summed E-state index contributed by atoms with van der Waals surface area (Å²) in [6.45, 7) is 0.246. The van der Waals surface area contributed by atoms with Crippen LogP contribution in [0.3, 0.4) is 0 Å². The van der Waals surface area contributed by atoms with Gasteiger partial charge in [-0.25, -0.2) is 4.39 Å². The van der Waals surface area contributed by atoms with E-state index in [0.717, 1.165) is 5.56 Å². The van der Waals surface area contributed by atoms with E-state index in [0.29, 0.717) is 6.42 Å². The molecule has 5 nitrogen and oxygen atoms in total. The lowest BCUT2D eigenvalue weighted by atomic mass is 10.1. The lowest BCUT2D eigenvalue weighted by Gasteiger charge is -2.08. The van der Waals surface area contributed by atoms with Gasteiger partial charge >= 0.3 is 0 Å². The predicted octanol–water partition coefficient (Wildman–Crippen LogP) is 3.23. The van der Waals surface area contributed by atoms with Crippen LogP contribution in [0.2, 0.25) is 0 Å². The number of non-ortho nitro benzene ring substituents is 1. The molecule has 0 radical (unpaired) electrons. The van der Waals surface area contributed by atoms with Crippen molar-refractivity contribution in [2.45, 2.75) is 6.42 Å². The maximum absolute atomic E-state index is 13.4. The Morgan fingerprint density at radius 3 is 2.57 bits per heavy atom. The van der Waals surface area contributed by atoms with E-state index >= 15 is 0 Å². The van der Waals surface area contributed by atoms with Gasteiger partial charge in [-0.05, 0) is 17.7 Å². The fourth-order valence-electron chi connectivity index (χ4n) is 1.80. The molecule has 0 unspecified atom stereocenters. The standard InChI is InChI=1S/C15H11FN2O3/c16-14-2-1-3-15(13(14)10-17)21-9-8-11-4-6-12(7-5-11)18(19)20/h1-7H,8-9H2. The smallest absolute Gasteiger partial charge is 0.269 e. The average molecular weight is 286 g/mol. The molecule has 0 N–H and O–H groups in total. The zero-order valence-electron chi connectivity index (χ0n) is 11.0. The third-order valence-electron chi connectivity index (χ3n) is 2.88. The first-order valence-electron chi connectivity index (χ1n) is 6.16. The van der Waals surface area contributed by atoms with Crippen molar-refractivity contribution in [3.8, 4) is 11.8 Å². The van der Waals surface area contributed by atoms with Gasteiger partial charge in [0, 0.05) is 18.6 Å². The summed E-state index contributed by atoms with van der Waals surface area (Å²) < 4.78 is 18.7. The molecule has 0 fully saturated rings. The normalized spacial score (nSPS) is 9.90. The van der Waals surface area contributed by atoms with Gasteiger partial charge in [-0.15, -0.1) is 0 Å². The maximum Gasteiger partial charge on any atom is 0.269 e. The second-order valence-electron chi connectivity index (χ2n) is 4.25. The molecule has 0 heterocycles. The Morgan fingerprint density at radius 1 is 1.24 bits per heavy atom. The minimum absolute atomic E-state index is 0.0246. The minimum atomic E-state index is -0.620. The first-order valence-corrected chi connectivity index (χ1v) is 6.16. The van der Waals surface area contributed by atoms with Gasteiger partial charge in [-0.2, -0.15) is 5.26 Å². The summed E-state index contributed by atoms with van der Waals surface area (Å²) >= 11 is 0. The van der Waals surface area contributed by atoms with Gasteiger partial charge in [0.1, 0.15) is 23.2 Å². The van der Waals surface area contributed by atoms with Crippen molar-refractivity contribution >= 4 is 5.69 Å². The van der Waals surface area contributed by atoms with Crippen molar-refractivity contribution < 1.29 is 14.1 Å². The molecule has 106 valence electrons. The summed E-state index contributed by atoms with van der Waals surface area (Å²) in [6.07, 6.45) is 0.499. The fourth-order valence-corrected chi connectivity index (χ4v) is 1.80. The third-order valence-corrected chi connectivity index (χ3v) is 2.88. The van der Waals surface area contributed by atoms with Crippen LogP contribution in [0.25, 0.3) is 0 Å². The fraction of sp³-hybridized carbons (Fsp3) is 0.133. The molecule has 0 saturated carbocycles. The van der Waals surface area contributed by atoms with Crippen molar-refractivity contribution in [2.75, 3.05) is 6.61 Å². The Hall–Kier alpha value is -2.94. The molecule has 0 amide bonds. The van der Waals surface area contributed by atoms with Gasteiger partial charge in [0.15, 0.2) is 0 Å². The molecule has 0 aliphatic rings. The van der Waals surface area contributed by atoms with E-state index < -0.39 is 10.7 Å². The Morgan fingerprint density at radius 2 is 1.95 bits per heavy atom. The van der Waals surface area contributed by atoms with Crippen LogP contribution in [-0.4, -0.2) is 11.5 Å². The van der Waals surface area contributed by atoms with Crippen LogP contribution in [-0.2, 0) is 6.42 Å². The summed E-state index contributed by atoms with van der Waals surface area (Å²) in [6, 6.07) is 12.1. The van der Waals surface area contributed by atoms with Crippen LogP contribution in [0.4, 0.5) is 10.1 Å². The topological polar surface area (TPSA) is 76.2 Å². The molecule has 0 bridgehead atoms. The van der Waals surface area contributed by atoms with E-state index in [-0.39, 0.29) is 23.6 Å². The molecule has 0 saturated heterocycles. The highest BCUT2D eigenvalue weighted by molar-refractivity contribution is 5.43. The van der Waals surface area contributed by atoms with E-state index in [2.05, 4.69) is 0 Å². The minimum Gasteiger partial charge on any atom is -0.492 e. The van der Waals surface area contributed by atoms with Gasteiger partial charge in [0.2, 0.25) is 0 Å². The van der Waals surface area contributed by atoms with Crippen molar-refractivity contribution in [3.05, 3.63) is 69.5 Å². The maximum atomic E-state index is 13.4. The first-order chi connectivity index (χ1) is 10.1. The molecule has 0 aromatic heterocycles. The van der Waals surface area contributed by atoms with E-state index in [1.54, 1.807) is 18.2 Å². The number of ether oxygens (including phenoxy) is 1. The zero-order chi connectivity index (χ0) is 15.2. The van der Waals surface area contributed by atoms with Gasteiger partial charge < -0.3 is 4.74 Å². The highest BCUT2D eigenvalue weighted by atomic mass is 19.1. The second-order valence-corrected chi connectivity index (χ2v) is 4.25. The second kappa shape index (κ2) is 6.48. The largest absolute Gasteiger partial charge is 0.492 e. The molecule has 2 rings (SSSR count). The molecule has 2 aromatic rings. The molecular formula is C15H11FN2O3. The lowest BCUT2D eigenvalue weighted by Crippen LogP contribution is -2.03. The number of hydrogen-bond donors (Lipinski definition) is 0. The van der Waals surface area contributed by atoms with Crippen molar-refractivity contribution in [2.24, 2.45) is 0 Å². The predicted molar refractivity (Wildman–Crippen MR) is 73.4 cm³/mol. The lowest BCUT2D eigenvalue weighted by molar-refractivity contribution is -0.384. The number of benzene rings is 2. The number of nitriles is 1. The molecule has 0 aliphatic heterocycles. The Bertz CT molecular complexity index is 693. The summed E-state index contributed by atoms with van der Waals surface area (Å²) in [4.78, 5) is 10.1. The molecular weight excluding hydrogens is 275 g/mol. The molecule has 0 spiro atoms. The highest BCUT2D eigenvalue weighted by Gasteiger charge is 2.09. The summed E-state index contributed by atoms with van der Waals surface area (Å²) in [7, 11) is 0. The average Bonchev–Trinajstić information content (AvgIpc) is 2.48. The molecule has 0 aliphatic carbocycles. The van der Waals surface area contributed by atoms with Crippen LogP contribution in [0.1, 0.15) is 11.1 Å². The van der Waals surface area contributed by atoms with Gasteiger partial charge in [-0.3, -0.25) is 10.1 Å². The van der Waals surface area contributed by atoms with Gasteiger partial charge in [0.25, 0.3) is 5.69 Å². The number of nitrogens with zero attached hydrogens (tertiary/aromatic N) is 2. The molecule has 2 aromatic carbocycles. The van der Waals surface area contributed by atoms with Crippen LogP contribution in [0, 0.1) is 27.3 Å². The van der Waals surface area contributed by atoms with Crippen LogP contribution in [0.15, 0.2) is 42.5 Å².